The van der Waals surface area contributed by atoms with Crippen molar-refractivity contribution in [2.24, 2.45) is 0 Å². The van der Waals surface area contributed by atoms with Gasteiger partial charge in [0.25, 0.3) is 5.91 Å². The molecule has 126 valence electrons. The van der Waals surface area contributed by atoms with Gasteiger partial charge in [-0.25, -0.2) is 9.37 Å². The maximum absolute atomic E-state index is 14.6. The Bertz CT molecular complexity index is 783. The molecule has 2 aliphatic rings. The number of para-hydroxylation sites is 1. The number of carbonyl (C=O) groups is 1. The number of halogens is 1. The normalized spacial score (nSPS) is 18.3. The molecule has 24 heavy (non-hydrogen) atoms. The molecule has 2 aromatic rings. The van der Waals surface area contributed by atoms with Gasteiger partial charge in [0.05, 0.1) is 23.5 Å². The van der Waals surface area contributed by atoms with Crippen LogP contribution in [0.2, 0.25) is 0 Å². The van der Waals surface area contributed by atoms with Crippen LogP contribution in [0.1, 0.15) is 46.6 Å². The summed E-state index contributed by atoms with van der Waals surface area (Å²) in [6.07, 6.45) is 4.29. The Morgan fingerprint density at radius 2 is 2.21 bits per heavy atom. The second kappa shape index (κ2) is 5.93. The van der Waals surface area contributed by atoms with Crippen LogP contribution in [-0.2, 0) is 16.8 Å². The van der Waals surface area contributed by atoms with Crippen molar-refractivity contribution >= 4 is 22.9 Å². The first-order chi connectivity index (χ1) is 11.7. The molecule has 0 N–H and O–H groups in total. The monoisotopic (exact) mass is 346 g/mol. The summed E-state index contributed by atoms with van der Waals surface area (Å²) in [5.41, 5.74) is 3.63. The van der Waals surface area contributed by atoms with Crippen LogP contribution in [0.5, 0.6) is 0 Å². The molecule has 1 spiro atoms. The van der Waals surface area contributed by atoms with Crippen LogP contribution in [0.15, 0.2) is 23.7 Å². The highest BCUT2D eigenvalue weighted by molar-refractivity contribution is 7.12. The minimum atomic E-state index is -0.317. The molecule has 2 heterocycles. The van der Waals surface area contributed by atoms with Gasteiger partial charge in [0.15, 0.2) is 0 Å². The van der Waals surface area contributed by atoms with E-state index in [4.69, 9.17) is 4.74 Å². The molecule has 0 unspecified atom stereocenters. The van der Waals surface area contributed by atoms with Crippen LogP contribution in [0.25, 0.3) is 0 Å². The van der Waals surface area contributed by atoms with Crippen molar-refractivity contribution in [1.82, 2.24) is 4.98 Å². The summed E-state index contributed by atoms with van der Waals surface area (Å²) in [6.45, 7) is 0.847. The Balaban J connectivity index is 1.77. The summed E-state index contributed by atoms with van der Waals surface area (Å²) in [5, 5.41) is 0. The highest BCUT2D eigenvalue weighted by Crippen LogP contribution is 2.51. The fraction of sp³-hybridized carbons (Fsp3) is 0.444. The van der Waals surface area contributed by atoms with E-state index in [1.807, 2.05) is 6.07 Å². The molecule has 0 radical (unpaired) electrons. The number of hydrogen-bond acceptors (Lipinski definition) is 4. The van der Waals surface area contributed by atoms with Crippen molar-refractivity contribution in [2.45, 2.75) is 37.7 Å². The highest BCUT2D eigenvalue weighted by Gasteiger charge is 2.47. The van der Waals surface area contributed by atoms with Gasteiger partial charge in [0.1, 0.15) is 10.7 Å². The maximum Gasteiger partial charge on any atom is 0.270 e. The number of ether oxygens (including phenoxy) is 1. The van der Waals surface area contributed by atoms with E-state index < -0.39 is 0 Å². The largest absolute Gasteiger partial charge is 0.378 e. The Hall–Kier alpha value is -1.79. The van der Waals surface area contributed by atoms with Gasteiger partial charge in [-0.15, -0.1) is 11.3 Å². The molecule has 1 amide bonds. The molecule has 1 saturated carbocycles. The number of rotatable bonds is 3. The predicted octanol–water partition coefficient (Wildman–Crippen LogP) is 3.90. The summed E-state index contributed by atoms with van der Waals surface area (Å²) in [5.74, 6) is -0.484. The molecule has 4 rings (SSSR count). The van der Waals surface area contributed by atoms with Crippen LogP contribution in [0.3, 0.4) is 0 Å². The predicted molar refractivity (Wildman–Crippen MR) is 91.0 cm³/mol. The van der Waals surface area contributed by atoms with Gasteiger partial charge < -0.3 is 9.64 Å². The second-order valence-corrected chi connectivity index (χ2v) is 7.43. The third-order valence-corrected chi connectivity index (χ3v) is 6.07. The van der Waals surface area contributed by atoms with E-state index in [9.17, 15) is 9.18 Å². The first kappa shape index (κ1) is 15.7. The molecule has 1 aliphatic carbocycles. The fourth-order valence-corrected chi connectivity index (χ4v) is 4.89. The average Bonchev–Trinajstić information content (AvgIpc) is 3.29. The Labute approximate surface area is 144 Å². The number of hydrogen-bond donors (Lipinski definition) is 0. The van der Waals surface area contributed by atoms with Crippen LogP contribution < -0.4 is 4.90 Å². The molecular formula is C18H19FN2O2S. The molecule has 1 aromatic heterocycles. The lowest BCUT2D eigenvalue weighted by Gasteiger charge is -2.24. The molecule has 0 saturated heterocycles. The minimum Gasteiger partial charge on any atom is -0.378 e. The van der Waals surface area contributed by atoms with Crippen LogP contribution >= 0.6 is 11.3 Å². The molecule has 0 atom stereocenters. The van der Waals surface area contributed by atoms with Crippen molar-refractivity contribution in [3.8, 4) is 0 Å². The zero-order chi connectivity index (χ0) is 16.7. The van der Waals surface area contributed by atoms with E-state index in [1.54, 1.807) is 23.6 Å². The van der Waals surface area contributed by atoms with Gasteiger partial charge in [0, 0.05) is 19.1 Å². The SMILES string of the molecule is COCc1ncsc1C(=O)N1CC2(CCCC2)c2cccc(F)c21. The Morgan fingerprint density at radius 3 is 2.96 bits per heavy atom. The van der Waals surface area contributed by atoms with Crippen LogP contribution in [0, 0.1) is 5.82 Å². The molecule has 1 aromatic carbocycles. The van der Waals surface area contributed by atoms with E-state index >= 15 is 0 Å². The summed E-state index contributed by atoms with van der Waals surface area (Å²) in [6, 6.07) is 5.18. The summed E-state index contributed by atoms with van der Waals surface area (Å²) < 4.78 is 19.7. The Morgan fingerprint density at radius 1 is 1.42 bits per heavy atom. The number of benzene rings is 1. The number of nitrogens with zero attached hydrogens (tertiary/aromatic N) is 2. The molecule has 4 nitrogen and oxygen atoms in total. The van der Waals surface area contributed by atoms with E-state index in [0.717, 1.165) is 31.2 Å². The summed E-state index contributed by atoms with van der Waals surface area (Å²) >= 11 is 1.29. The molecule has 0 bridgehead atoms. The average molecular weight is 346 g/mol. The Kier molecular flexibility index (Phi) is 3.89. The number of methoxy groups -OCH3 is 1. The number of amides is 1. The van der Waals surface area contributed by atoms with E-state index in [0.29, 0.717) is 22.8 Å². The van der Waals surface area contributed by atoms with E-state index in [2.05, 4.69) is 4.98 Å². The zero-order valence-corrected chi connectivity index (χ0v) is 14.4. The van der Waals surface area contributed by atoms with E-state index in [1.165, 1.54) is 17.4 Å². The van der Waals surface area contributed by atoms with Crippen molar-refractivity contribution in [1.29, 1.82) is 0 Å². The topological polar surface area (TPSA) is 42.4 Å². The molecule has 6 heteroatoms. The lowest BCUT2D eigenvalue weighted by molar-refractivity contribution is 0.0983. The summed E-state index contributed by atoms with van der Waals surface area (Å²) in [7, 11) is 1.58. The third-order valence-electron chi connectivity index (χ3n) is 5.21. The van der Waals surface area contributed by atoms with Crippen LogP contribution in [-0.4, -0.2) is 24.5 Å². The smallest absolute Gasteiger partial charge is 0.270 e. The maximum atomic E-state index is 14.6. The standard InChI is InChI=1S/C18H19FN2O2S/c1-23-9-14-16(24-11-20-14)17(22)21-10-18(7-2-3-8-18)12-5-4-6-13(19)15(12)21/h4-6,11H,2-3,7-10H2,1H3. The van der Waals surface area contributed by atoms with Crippen molar-refractivity contribution < 1.29 is 13.9 Å². The number of aromatic nitrogens is 1. The number of fused-ring (bicyclic) bond motifs is 2. The van der Waals surface area contributed by atoms with Crippen molar-refractivity contribution in [3.63, 3.8) is 0 Å². The number of thiazole rings is 1. The second-order valence-electron chi connectivity index (χ2n) is 6.58. The van der Waals surface area contributed by atoms with Gasteiger partial charge in [0.2, 0.25) is 0 Å². The van der Waals surface area contributed by atoms with E-state index in [-0.39, 0.29) is 23.7 Å². The highest BCUT2D eigenvalue weighted by atomic mass is 32.1. The molecule has 1 aliphatic heterocycles. The van der Waals surface area contributed by atoms with Gasteiger partial charge >= 0.3 is 0 Å². The first-order valence-corrected chi connectivity index (χ1v) is 9.06. The van der Waals surface area contributed by atoms with Crippen LogP contribution in [0.4, 0.5) is 10.1 Å². The number of carbonyl (C=O) groups excluding carboxylic acids is 1. The molecular weight excluding hydrogens is 327 g/mol. The summed E-state index contributed by atoms with van der Waals surface area (Å²) in [4.78, 5) is 19.5. The third kappa shape index (κ3) is 2.28. The lowest BCUT2D eigenvalue weighted by Crippen LogP contribution is -2.35. The minimum absolute atomic E-state index is 0.0841. The van der Waals surface area contributed by atoms with Gasteiger partial charge in [-0.1, -0.05) is 25.0 Å². The van der Waals surface area contributed by atoms with Crippen molar-refractivity contribution in [2.75, 3.05) is 18.6 Å². The quantitative estimate of drug-likeness (QED) is 0.846. The van der Waals surface area contributed by atoms with Crippen molar-refractivity contribution in [3.05, 3.63) is 45.7 Å². The van der Waals surface area contributed by atoms with Gasteiger partial charge in [-0.05, 0) is 24.5 Å². The fourth-order valence-electron chi connectivity index (χ4n) is 4.14. The van der Waals surface area contributed by atoms with Gasteiger partial charge in [-0.3, -0.25) is 4.79 Å². The molecule has 1 fully saturated rings. The lowest BCUT2D eigenvalue weighted by atomic mass is 9.81. The number of anilines is 1. The zero-order valence-electron chi connectivity index (χ0n) is 13.5. The first-order valence-electron chi connectivity index (χ1n) is 8.18. The van der Waals surface area contributed by atoms with Gasteiger partial charge in [-0.2, -0.15) is 0 Å².